The predicted molar refractivity (Wildman–Crippen MR) is 124 cm³/mol. The molecular weight excluding hydrogens is 435 g/mol. The molecule has 0 spiro atoms. The smallest absolute Gasteiger partial charge is 0.246 e. The van der Waals surface area contributed by atoms with Crippen molar-refractivity contribution >= 4 is 33.8 Å². The molecule has 1 aliphatic heterocycles. The lowest BCUT2D eigenvalue weighted by atomic mass is 10.1. The molecule has 10 heteroatoms. The first-order valence-corrected chi connectivity index (χ1v) is 11.1. The van der Waals surface area contributed by atoms with Crippen LogP contribution in [0.1, 0.15) is 42.6 Å². The van der Waals surface area contributed by atoms with Crippen LogP contribution in [0.2, 0.25) is 0 Å². The van der Waals surface area contributed by atoms with Crippen molar-refractivity contribution in [2.24, 2.45) is 0 Å². The second kappa shape index (κ2) is 7.66. The van der Waals surface area contributed by atoms with Crippen LogP contribution in [0.15, 0.2) is 37.4 Å². The summed E-state index contributed by atoms with van der Waals surface area (Å²) in [5, 5.41) is 5.17. The molecule has 170 valence electrons. The molecule has 4 heterocycles. The Bertz CT molecular complexity index is 1540. The summed E-state index contributed by atoms with van der Waals surface area (Å²) in [5.74, 6) is 5.58. The molecule has 2 fully saturated rings. The van der Waals surface area contributed by atoms with Crippen molar-refractivity contribution in [1.29, 1.82) is 0 Å². The highest BCUT2D eigenvalue weighted by atomic mass is 19.1. The van der Waals surface area contributed by atoms with Gasteiger partial charge in [-0.2, -0.15) is 5.10 Å². The Morgan fingerprint density at radius 2 is 2.03 bits per heavy atom. The molecule has 1 atom stereocenters. The molecular formula is C24H21FN8O. The van der Waals surface area contributed by atoms with Gasteiger partial charge >= 0.3 is 0 Å². The molecule has 3 aromatic heterocycles. The lowest BCUT2D eigenvalue weighted by molar-refractivity contribution is -0.125. The molecule has 0 radical (unpaired) electrons. The Kier molecular flexibility index (Phi) is 4.58. The zero-order valence-corrected chi connectivity index (χ0v) is 18.3. The molecule has 1 saturated carbocycles. The monoisotopic (exact) mass is 456 g/mol. The number of amides is 1. The zero-order chi connectivity index (χ0) is 23.4. The molecule has 2 N–H and O–H groups in total. The number of fused-ring (bicyclic) bond motifs is 2. The largest absolute Gasteiger partial charge is 0.383 e. The van der Waals surface area contributed by atoms with Gasteiger partial charge in [0.25, 0.3) is 0 Å². The fourth-order valence-electron chi connectivity index (χ4n) is 4.52. The second-order valence-corrected chi connectivity index (χ2v) is 8.64. The van der Waals surface area contributed by atoms with E-state index in [0.717, 1.165) is 18.4 Å². The predicted octanol–water partition coefficient (Wildman–Crippen LogP) is 2.59. The third kappa shape index (κ3) is 3.28. The van der Waals surface area contributed by atoms with Gasteiger partial charge in [-0.25, -0.2) is 24.0 Å². The SMILES string of the molecule is C=CC(=O)N1CCC(n2nc(C#Cc3cc4ncn(C5CC5)c4cc3F)c3c(N)ncnc32)C1. The van der Waals surface area contributed by atoms with Gasteiger partial charge in [0.2, 0.25) is 5.91 Å². The van der Waals surface area contributed by atoms with E-state index in [1.54, 1.807) is 22.0 Å². The highest BCUT2D eigenvalue weighted by Crippen LogP contribution is 2.37. The number of aromatic nitrogens is 6. The minimum Gasteiger partial charge on any atom is -0.383 e. The van der Waals surface area contributed by atoms with Gasteiger partial charge in [-0.05, 0) is 37.3 Å². The minimum atomic E-state index is -0.412. The summed E-state index contributed by atoms with van der Waals surface area (Å²) in [6.07, 6.45) is 7.33. The van der Waals surface area contributed by atoms with E-state index in [0.29, 0.717) is 47.8 Å². The van der Waals surface area contributed by atoms with Crippen LogP contribution in [0.5, 0.6) is 0 Å². The third-order valence-corrected chi connectivity index (χ3v) is 6.43. The molecule has 9 nitrogen and oxygen atoms in total. The molecule has 34 heavy (non-hydrogen) atoms. The van der Waals surface area contributed by atoms with E-state index >= 15 is 0 Å². The van der Waals surface area contributed by atoms with Crippen molar-refractivity contribution < 1.29 is 9.18 Å². The first kappa shape index (κ1) is 20.4. The van der Waals surface area contributed by atoms with Crippen LogP contribution < -0.4 is 5.73 Å². The number of hydrogen-bond acceptors (Lipinski definition) is 6. The van der Waals surface area contributed by atoms with E-state index in [4.69, 9.17) is 5.73 Å². The van der Waals surface area contributed by atoms with Crippen molar-refractivity contribution in [2.75, 3.05) is 18.8 Å². The van der Waals surface area contributed by atoms with Crippen LogP contribution in [0, 0.1) is 17.7 Å². The average molecular weight is 456 g/mol. The average Bonchev–Trinajstić information content (AvgIpc) is 3.25. The molecule has 1 unspecified atom stereocenters. The number of rotatable bonds is 3. The maximum absolute atomic E-state index is 14.9. The number of carbonyl (C=O) groups excluding carboxylic acids is 1. The van der Waals surface area contributed by atoms with Gasteiger partial charge in [0.05, 0.1) is 34.4 Å². The maximum atomic E-state index is 14.9. The number of halogens is 1. The normalized spacial score (nSPS) is 17.8. The van der Waals surface area contributed by atoms with Crippen LogP contribution in [0.3, 0.4) is 0 Å². The number of carbonyl (C=O) groups is 1. The van der Waals surface area contributed by atoms with Crippen LogP contribution in [0.4, 0.5) is 10.2 Å². The summed E-state index contributed by atoms with van der Waals surface area (Å²) in [6.45, 7) is 4.63. The molecule has 2 aliphatic rings. The lowest BCUT2D eigenvalue weighted by Gasteiger charge is -2.14. The Labute approximate surface area is 194 Å². The zero-order valence-electron chi connectivity index (χ0n) is 18.3. The van der Waals surface area contributed by atoms with E-state index < -0.39 is 5.82 Å². The van der Waals surface area contributed by atoms with E-state index in [1.807, 2.05) is 4.57 Å². The minimum absolute atomic E-state index is 0.0873. The summed E-state index contributed by atoms with van der Waals surface area (Å²) < 4.78 is 18.7. The van der Waals surface area contributed by atoms with Gasteiger partial charge < -0.3 is 15.2 Å². The Morgan fingerprint density at radius 3 is 2.82 bits per heavy atom. The Morgan fingerprint density at radius 1 is 1.18 bits per heavy atom. The number of nitrogens with zero attached hydrogens (tertiary/aromatic N) is 7. The number of likely N-dealkylation sites (tertiary alicyclic amines) is 1. The van der Waals surface area contributed by atoms with Crippen LogP contribution >= 0.6 is 0 Å². The van der Waals surface area contributed by atoms with Crippen molar-refractivity contribution in [3.63, 3.8) is 0 Å². The van der Waals surface area contributed by atoms with Gasteiger partial charge in [-0.3, -0.25) is 4.79 Å². The summed E-state index contributed by atoms with van der Waals surface area (Å²) >= 11 is 0. The van der Waals surface area contributed by atoms with Gasteiger partial charge in [-0.1, -0.05) is 12.5 Å². The molecule has 6 rings (SSSR count). The topological polar surface area (TPSA) is 108 Å². The fourth-order valence-corrected chi connectivity index (χ4v) is 4.52. The Hall–Kier alpha value is -4.26. The molecule has 1 aliphatic carbocycles. The van der Waals surface area contributed by atoms with Crippen molar-refractivity contribution in [3.05, 3.63) is 54.5 Å². The van der Waals surface area contributed by atoms with Crippen LogP contribution in [-0.4, -0.2) is 53.2 Å². The van der Waals surface area contributed by atoms with Crippen molar-refractivity contribution in [3.8, 4) is 11.8 Å². The van der Waals surface area contributed by atoms with Crippen molar-refractivity contribution in [2.45, 2.75) is 31.3 Å². The van der Waals surface area contributed by atoms with E-state index in [9.17, 15) is 9.18 Å². The summed E-state index contributed by atoms with van der Waals surface area (Å²) in [4.78, 5) is 26.6. The van der Waals surface area contributed by atoms with Gasteiger partial charge in [0.15, 0.2) is 5.65 Å². The molecule has 1 amide bonds. The fraction of sp³-hybridized carbons (Fsp3) is 0.292. The highest BCUT2D eigenvalue weighted by molar-refractivity contribution is 5.91. The molecule has 1 aromatic carbocycles. The standard InChI is InChI=1S/C24H21FN8O/c1-2-21(34)31-8-7-16(11-31)33-24-22(23(26)27-12-28-24)18(30-33)6-3-14-9-19-20(10-17(14)25)32(13-29-19)15-4-5-15/h2,9-10,12-13,15-16H,1,4-5,7-8,11H2,(H2,26,27,28). The van der Waals surface area contributed by atoms with Crippen LogP contribution in [-0.2, 0) is 4.79 Å². The molecule has 1 saturated heterocycles. The van der Waals surface area contributed by atoms with E-state index in [1.165, 1.54) is 18.5 Å². The number of nitrogen functional groups attached to an aromatic ring is 1. The number of hydrogen-bond donors (Lipinski definition) is 1. The Balaban J connectivity index is 1.39. The number of nitrogens with two attached hydrogens (primary N) is 1. The summed E-state index contributed by atoms with van der Waals surface area (Å²) in [5.41, 5.74) is 8.75. The summed E-state index contributed by atoms with van der Waals surface area (Å²) in [6, 6.07) is 3.47. The lowest BCUT2D eigenvalue weighted by Crippen LogP contribution is -2.27. The van der Waals surface area contributed by atoms with Crippen LogP contribution in [0.25, 0.3) is 22.1 Å². The van der Waals surface area contributed by atoms with Crippen molar-refractivity contribution in [1.82, 2.24) is 34.2 Å². The third-order valence-electron chi connectivity index (χ3n) is 6.43. The second-order valence-electron chi connectivity index (χ2n) is 8.64. The first-order valence-electron chi connectivity index (χ1n) is 11.1. The van der Waals surface area contributed by atoms with Gasteiger partial charge in [0.1, 0.15) is 23.7 Å². The van der Waals surface area contributed by atoms with E-state index in [-0.39, 0.29) is 23.3 Å². The quantitative estimate of drug-likeness (QED) is 0.375. The molecule has 0 bridgehead atoms. The maximum Gasteiger partial charge on any atom is 0.246 e. The van der Waals surface area contributed by atoms with Gasteiger partial charge in [0, 0.05) is 25.2 Å². The summed E-state index contributed by atoms with van der Waals surface area (Å²) in [7, 11) is 0. The number of imidazole rings is 1. The molecule has 4 aromatic rings. The number of benzene rings is 1. The first-order chi connectivity index (χ1) is 16.5. The number of anilines is 1. The highest BCUT2D eigenvalue weighted by Gasteiger charge is 2.29. The van der Waals surface area contributed by atoms with Gasteiger partial charge in [-0.15, -0.1) is 0 Å². The van der Waals surface area contributed by atoms with E-state index in [2.05, 4.69) is 38.5 Å².